The molecule has 1 aromatic carbocycles. The third-order valence-corrected chi connectivity index (χ3v) is 2.76. The Labute approximate surface area is 115 Å². The number of benzene rings is 1. The van der Waals surface area contributed by atoms with E-state index in [4.69, 9.17) is 16.9 Å². The number of carbonyl (C=O) groups is 1. The first-order valence-corrected chi connectivity index (χ1v) is 6.13. The van der Waals surface area contributed by atoms with Gasteiger partial charge < -0.3 is 5.32 Å². The van der Waals surface area contributed by atoms with Crippen molar-refractivity contribution < 1.29 is 4.79 Å². The molecule has 2 aromatic rings. The largest absolute Gasteiger partial charge is 0.336 e. The summed E-state index contributed by atoms with van der Waals surface area (Å²) in [5.74, 6) is -0.564. The minimum absolute atomic E-state index is 0.176. The number of carbonyl (C=O) groups excluding carboxylic acids is 1. The second-order valence-corrected chi connectivity index (χ2v) is 4.08. The quantitative estimate of drug-likeness (QED) is 0.864. The normalized spacial score (nSPS) is 11.6. The van der Waals surface area contributed by atoms with Gasteiger partial charge in [-0.25, -0.2) is 4.68 Å². The van der Waals surface area contributed by atoms with Crippen LogP contribution in [0.2, 0.25) is 0 Å². The Morgan fingerprint density at radius 2 is 2.21 bits per heavy atom. The molecule has 6 heteroatoms. The van der Waals surface area contributed by atoms with Gasteiger partial charge in [-0.3, -0.25) is 4.79 Å². The highest BCUT2D eigenvalue weighted by Gasteiger charge is 2.15. The van der Waals surface area contributed by atoms with E-state index in [0.717, 1.165) is 5.69 Å². The maximum Gasteiger partial charge on any atom is 0.236 e. The smallest absolute Gasteiger partial charge is 0.236 e. The summed E-state index contributed by atoms with van der Waals surface area (Å²) in [6.07, 6.45) is 3.26. The maximum atomic E-state index is 11.2. The van der Waals surface area contributed by atoms with Crippen molar-refractivity contribution >= 4 is 17.5 Å². The fourth-order valence-corrected chi connectivity index (χ4v) is 1.67. The molecule has 0 radical (unpaired) electrons. The Hall–Kier alpha value is -2.32. The Bertz CT molecular complexity index is 603. The lowest BCUT2D eigenvalue weighted by Crippen LogP contribution is -2.28. The van der Waals surface area contributed by atoms with Gasteiger partial charge in [0.05, 0.1) is 18.0 Å². The van der Waals surface area contributed by atoms with Crippen molar-refractivity contribution in [2.45, 2.75) is 6.04 Å². The van der Waals surface area contributed by atoms with E-state index in [1.807, 2.05) is 36.4 Å². The molecule has 0 spiro atoms. The van der Waals surface area contributed by atoms with Crippen LogP contribution in [0.1, 0.15) is 11.6 Å². The molecular formula is C13H11ClN4O. The van der Waals surface area contributed by atoms with Crippen molar-refractivity contribution in [2.75, 3.05) is 5.88 Å². The van der Waals surface area contributed by atoms with Gasteiger partial charge in [0.1, 0.15) is 11.9 Å². The van der Waals surface area contributed by atoms with E-state index in [-0.39, 0.29) is 11.8 Å². The summed E-state index contributed by atoms with van der Waals surface area (Å²) in [5, 5.41) is 15.7. The second-order valence-electron chi connectivity index (χ2n) is 3.82. The summed E-state index contributed by atoms with van der Waals surface area (Å²) >= 11 is 5.40. The Morgan fingerprint density at radius 1 is 1.47 bits per heavy atom. The molecule has 0 aliphatic heterocycles. The van der Waals surface area contributed by atoms with Crippen LogP contribution < -0.4 is 5.32 Å². The Morgan fingerprint density at radius 3 is 2.84 bits per heavy atom. The summed E-state index contributed by atoms with van der Waals surface area (Å²) in [6, 6.07) is 10.8. The summed E-state index contributed by atoms with van der Waals surface area (Å²) in [4.78, 5) is 11.2. The molecule has 1 N–H and O–H groups in total. The minimum Gasteiger partial charge on any atom is -0.336 e. The molecule has 0 aliphatic rings. The van der Waals surface area contributed by atoms with Crippen molar-refractivity contribution in [1.82, 2.24) is 15.1 Å². The molecule has 1 aromatic heterocycles. The van der Waals surface area contributed by atoms with Crippen LogP contribution in [0.15, 0.2) is 42.7 Å². The van der Waals surface area contributed by atoms with Crippen molar-refractivity contribution in [3.63, 3.8) is 0 Å². The Kier molecular flexibility index (Phi) is 4.16. The third-order valence-electron chi connectivity index (χ3n) is 2.51. The average Bonchev–Trinajstić information content (AvgIpc) is 2.95. The number of hydrogen-bond donors (Lipinski definition) is 1. The number of rotatable bonds is 4. The lowest BCUT2D eigenvalue weighted by atomic mass is 10.2. The number of nitrogens with one attached hydrogen (secondary N) is 1. The molecule has 1 heterocycles. The van der Waals surface area contributed by atoms with Gasteiger partial charge >= 0.3 is 0 Å². The lowest BCUT2D eigenvalue weighted by Gasteiger charge is -2.07. The number of aromatic nitrogens is 2. The summed E-state index contributed by atoms with van der Waals surface area (Å²) in [6.45, 7) is 0. The monoisotopic (exact) mass is 274 g/mol. The van der Waals surface area contributed by atoms with Crippen molar-refractivity contribution in [3.8, 4) is 11.8 Å². The zero-order valence-electron chi connectivity index (χ0n) is 9.95. The highest BCUT2D eigenvalue weighted by Crippen LogP contribution is 2.14. The van der Waals surface area contributed by atoms with Crippen LogP contribution >= 0.6 is 11.6 Å². The topological polar surface area (TPSA) is 70.7 Å². The second kappa shape index (κ2) is 6.03. The molecule has 0 fully saturated rings. The molecule has 0 bridgehead atoms. The molecule has 1 amide bonds. The number of halogens is 1. The minimum atomic E-state index is -0.747. The zero-order chi connectivity index (χ0) is 13.7. The van der Waals surface area contributed by atoms with Crippen LogP contribution in [-0.2, 0) is 4.79 Å². The first-order valence-electron chi connectivity index (χ1n) is 5.59. The molecule has 2 rings (SSSR count). The van der Waals surface area contributed by atoms with Crippen LogP contribution in [0.3, 0.4) is 0 Å². The first-order chi connectivity index (χ1) is 9.24. The van der Waals surface area contributed by atoms with E-state index in [0.29, 0.717) is 5.56 Å². The fraction of sp³-hybridized carbons (Fsp3) is 0.154. The number of nitriles is 1. The van der Waals surface area contributed by atoms with Gasteiger partial charge in [-0.15, -0.1) is 11.6 Å². The van der Waals surface area contributed by atoms with Crippen LogP contribution in [0.4, 0.5) is 0 Å². The standard InChI is InChI=1S/C13H11ClN4O/c14-6-13(19)17-12(7-15)10-8-16-18(9-10)11-4-2-1-3-5-11/h1-5,8-9,12H,6H2,(H,17,19). The van der Waals surface area contributed by atoms with Gasteiger partial charge in [0, 0.05) is 11.8 Å². The van der Waals surface area contributed by atoms with Crippen molar-refractivity contribution in [1.29, 1.82) is 5.26 Å². The molecule has 19 heavy (non-hydrogen) atoms. The molecule has 0 saturated heterocycles. The predicted molar refractivity (Wildman–Crippen MR) is 70.8 cm³/mol. The van der Waals surface area contributed by atoms with Gasteiger partial charge in [0.15, 0.2) is 0 Å². The molecular weight excluding hydrogens is 264 g/mol. The van der Waals surface area contributed by atoms with E-state index < -0.39 is 6.04 Å². The predicted octanol–water partition coefficient (Wildman–Crippen LogP) is 1.79. The number of hydrogen-bond acceptors (Lipinski definition) is 3. The third kappa shape index (κ3) is 3.12. The highest BCUT2D eigenvalue weighted by atomic mass is 35.5. The number of alkyl halides is 1. The van der Waals surface area contributed by atoms with Crippen LogP contribution in [0.5, 0.6) is 0 Å². The molecule has 96 valence electrons. The number of amides is 1. The molecule has 5 nitrogen and oxygen atoms in total. The SMILES string of the molecule is N#CC(NC(=O)CCl)c1cnn(-c2ccccc2)c1. The molecule has 1 unspecified atom stereocenters. The van der Waals surface area contributed by atoms with Gasteiger partial charge in [0.2, 0.25) is 5.91 Å². The van der Waals surface area contributed by atoms with E-state index >= 15 is 0 Å². The van der Waals surface area contributed by atoms with E-state index in [1.54, 1.807) is 17.1 Å². The Balaban J connectivity index is 2.21. The van der Waals surface area contributed by atoms with Gasteiger partial charge in [-0.2, -0.15) is 10.4 Å². The van der Waals surface area contributed by atoms with Crippen LogP contribution in [0, 0.1) is 11.3 Å². The lowest BCUT2D eigenvalue weighted by molar-refractivity contribution is -0.119. The van der Waals surface area contributed by atoms with Crippen LogP contribution in [0.25, 0.3) is 5.69 Å². The molecule has 0 aliphatic carbocycles. The summed E-state index contributed by atoms with van der Waals surface area (Å²) < 4.78 is 1.65. The summed E-state index contributed by atoms with van der Waals surface area (Å²) in [7, 11) is 0. The van der Waals surface area contributed by atoms with E-state index in [1.165, 1.54) is 0 Å². The molecule has 1 atom stereocenters. The maximum absolute atomic E-state index is 11.2. The molecule has 0 saturated carbocycles. The van der Waals surface area contributed by atoms with Crippen LogP contribution in [-0.4, -0.2) is 21.6 Å². The fourth-order valence-electron chi connectivity index (χ4n) is 1.60. The van der Waals surface area contributed by atoms with E-state index in [2.05, 4.69) is 10.4 Å². The first kappa shape index (κ1) is 13.1. The summed E-state index contributed by atoms with van der Waals surface area (Å²) in [5.41, 5.74) is 1.50. The number of nitrogens with zero attached hydrogens (tertiary/aromatic N) is 3. The number of para-hydroxylation sites is 1. The average molecular weight is 275 g/mol. The zero-order valence-corrected chi connectivity index (χ0v) is 10.7. The van der Waals surface area contributed by atoms with Gasteiger partial charge in [-0.05, 0) is 12.1 Å². The van der Waals surface area contributed by atoms with Gasteiger partial charge in [-0.1, -0.05) is 18.2 Å². The van der Waals surface area contributed by atoms with E-state index in [9.17, 15) is 4.79 Å². The van der Waals surface area contributed by atoms with Crippen molar-refractivity contribution in [3.05, 3.63) is 48.3 Å². The highest BCUT2D eigenvalue weighted by molar-refractivity contribution is 6.27. The van der Waals surface area contributed by atoms with Crippen molar-refractivity contribution in [2.24, 2.45) is 0 Å². The van der Waals surface area contributed by atoms with Gasteiger partial charge in [0.25, 0.3) is 0 Å².